The van der Waals surface area contributed by atoms with Gasteiger partial charge in [-0.05, 0) is 36.5 Å². The Labute approximate surface area is 157 Å². The van der Waals surface area contributed by atoms with Gasteiger partial charge >= 0.3 is 6.18 Å². The lowest BCUT2D eigenvalue weighted by Gasteiger charge is -2.13. The molecule has 1 aromatic carbocycles. The summed E-state index contributed by atoms with van der Waals surface area (Å²) in [6, 6.07) is 5.08. The number of halogens is 4. The molecule has 1 aromatic rings. The highest BCUT2D eigenvalue weighted by atomic mass is 127. The van der Waals surface area contributed by atoms with Crippen molar-refractivity contribution in [1.29, 1.82) is 0 Å². The van der Waals surface area contributed by atoms with E-state index in [4.69, 9.17) is 4.74 Å². The number of alkyl halides is 3. The summed E-state index contributed by atoms with van der Waals surface area (Å²) in [6.07, 6.45) is -1.77. The van der Waals surface area contributed by atoms with Gasteiger partial charge in [0.1, 0.15) is 0 Å². The van der Waals surface area contributed by atoms with Crippen LogP contribution in [-0.2, 0) is 17.5 Å². The number of rotatable bonds is 7. The summed E-state index contributed by atoms with van der Waals surface area (Å²) in [7, 11) is 1.65. The molecular formula is C16H23F3IN3O. The van der Waals surface area contributed by atoms with Crippen molar-refractivity contribution in [1.82, 2.24) is 10.6 Å². The van der Waals surface area contributed by atoms with Crippen LogP contribution in [0.15, 0.2) is 29.3 Å². The predicted molar refractivity (Wildman–Crippen MR) is 98.6 cm³/mol. The van der Waals surface area contributed by atoms with E-state index < -0.39 is 11.7 Å². The van der Waals surface area contributed by atoms with Gasteiger partial charge in [0.05, 0.1) is 12.2 Å². The Morgan fingerprint density at radius 1 is 1.21 bits per heavy atom. The molecule has 1 fully saturated rings. The molecule has 0 saturated heterocycles. The zero-order chi connectivity index (χ0) is 16.7. The fraction of sp³-hybridized carbons (Fsp3) is 0.562. The van der Waals surface area contributed by atoms with Gasteiger partial charge in [-0.3, -0.25) is 4.99 Å². The molecule has 0 aliphatic heterocycles. The summed E-state index contributed by atoms with van der Waals surface area (Å²) in [5.74, 6) is 1.34. The lowest BCUT2D eigenvalue weighted by molar-refractivity contribution is -0.137. The molecule has 2 rings (SSSR count). The van der Waals surface area contributed by atoms with E-state index in [1.807, 2.05) is 0 Å². The maximum Gasteiger partial charge on any atom is 0.416 e. The topological polar surface area (TPSA) is 45.7 Å². The highest BCUT2D eigenvalue weighted by Gasteiger charge is 2.29. The first-order chi connectivity index (χ1) is 11.0. The number of ether oxygens (including phenoxy) is 1. The zero-order valence-corrected chi connectivity index (χ0v) is 15.9. The zero-order valence-electron chi connectivity index (χ0n) is 13.5. The second kappa shape index (κ2) is 10.1. The minimum Gasteiger partial charge on any atom is -0.379 e. The Hall–Kier alpha value is -1.03. The molecule has 0 radical (unpaired) electrons. The van der Waals surface area contributed by atoms with Gasteiger partial charge in [0, 0.05) is 26.7 Å². The molecule has 0 spiro atoms. The van der Waals surface area contributed by atoms with E-state index in [-0.39, 0.29) is 24.0 Å². The molecule has 0 atom stereocenters. The second-order valence-corrected chi connectivity index (χ2v) is 5.57. The third-order valence-electron chi connectivity index (χ3n) is 3.55. The summed E-state index contributed by atoms with van der Waals surface area (Å²) in [5, 5.41) is 6.16. The van der Waals surface area contributed by atoms with Gasteiger partial charge in [-0.1, -0.05) is 12.1 Å². The quantitative estimate of drug-likeness (QED) is 0.286. The number of nitrogens with one attached hydrogen (secondary N) is 2. The first-order valence-electron chi connectivity index (χ1n) is 7.67. The van der Waals surface area contributed by atoms with Gasteiger partial charge in [-0.25, -0.2) is 0 Å². The lowest BCUT2D eigenvalue weighted by atomic mass is 10.1. The van der Waals surface area contributed by atoms with Gasteiger partial charge < -0.3 is 15.4 Å². The Bertz CT molecular complexity index is 516. The number of aliphatic imine (C=N–C) groups is 1. The van der Waals surface area contributed by atoms with Gasteiger partial charge in [0.15, 0.2) is 5.96 Å². The molecular weight excluding hydrogens is 434 g/mol. The van der Waals surface area contributed by atoms with E-state index in [0.29, 0.717) is 25.7 Å². The first-order valence-corrected chi connectivity index (χ1v) is 7.67. The van der Waals surface area contributed by atoms with Crippen LogP contribution in [0.2, 0.25) is 0 Å². The van der Waals surface area contributed by atoms with E-state index in [0.717, 1.165) is 30.2 Å². The third kappa shape index (κ3) is 7.69. The van der Waals surface area contributed by atoms with Crippen molar-refractivity contribution in [2.24, 2.45) is 10.9 Å². The van der Waals surface area contributed by atoms with Crippen molar-refractivity contribution in [2.75, 3.05) is 26.8 Å². The van der Waals surface area contributed by atoms with Crippen molar-refractivity contribution in [3.05, 3.63) is 35.4 Å². The summed E-state index contributed by atoms with van der Waals surface area (Å²) in [4.78, 5) is 4.06. The van der Waals surface area contributed by atoms with Crippen molar-refractivity contribution in [2.45, 2.75) is 25.6 Å². The second-order valence-electron chi connectivity index (χ2n) is 5.57. The molecule has 8 heteroatoms. The van der Waals surface area contributed by atoms with E-state index in [2.05, 4.69) is 15.6 Å². The minimum absolute atomic E-state index is 0. The van der Waals surface area contributed by atoms with Crippen LogP contribution in [0.25, 0.3) is 0 Å². The average Bonchev–Trinajstić information content (AvgIpc) is 3.34. The van der Waals surface area contributed by atoms with E-state index in [1.165, 1.54) is 25.0 Å². The molecule has 2 N–H and O–H groups in total. The summed E-state index contributed by atoms with van der Waals surface area (Å²) < 4.78 is 43.0. The molecule has 136 valence electrons. The maximum atomic E-state index is 12.5. The van der Waals surface area contributed by atoms with Crippen LogP contribution in [0.4, 0.5) is 13.2 Å². The lowest BCUT2D eigenvalue weighted by Crippen LogP contribution is -2.38. The van der Waals surface area contributed by atoms with Crippen molar-refractivity contribution < 1.29 is 17.9 Å². The maximum absolute atomic E-state index is 12.5. The van der Waals surface area contributed by atoms with Gasteiger partial charge in [0.25, 0.3) is 0 Å². The van der Waals surface area contributed by atoms with E-state index in [1.54, 1.807) is 7.05 Å². The van der Waals surface area contributed by atoms with Gasteiger partial charge in [-0.2, -0.15) is 13.2 Å². The molecule has 4 nitrogen and oxygen atoms in total. The Kier molecular flexibility index (Phi) is 8.82. The Morgan fingerprint density at radius 3 is 2.42 bits per heavy atom. The van der Waals surface area contributed by atoms with Crippen LogP contribution < -0.4 is 10.6 Å². The van der Waals surface area contributed by atoms with Crippen molar-refractivity contribution >= 4 is 29.9 Å². The summed E-state index contributed by atoms with van der Waals surface area (Å²) >= 11 is 0. The van der Waals surface area contributed by atoms with Gasteiger partial charge in [-0.15, -0.1) is 24.0 Å². The number of benzene rings is 1. The molecule has 1 aliphatic rings. The summed E-state index contributed by atoms with van der Waals surface area (Å²) in [5.41, 5.74) is 0.113. The standard InChI is InChI=1S/C16H22F3N3O.HI/c1-20-15(21-8-9-23-11-13-2-3-13)22-10-12-4-6-14(7-5-12)16(17,18)19;/h4-7,13H,2-3,8-11H2,1H3,(H2,20,21,22);1H. The first kappa shape index (κ1) is 21.0. The smallest absolute Gasteiger partial charge is 0.379 e. The molecule has 0 unspecified atom stereocenters. The molecule has 24 heavy (non-hydrogen) atoms. The molecule has 0 aromatic heterocycles. The highest BCUT2D eigenvalue weighted by Crippen LogP contribution is 2.29. The molecule has 0 heterocycles. The SMILES string of the molecule is CN=C(NCCOCC1CC1)NCc1ccc(C(F)(F)F)cc1.I. The van der Waals surface area contributed by atoms with Crippen LogP contribution >= 0.6 is 24.0 Å². The monoisotopic (exact) mass is 457 g/mol. The molecule has 0 bridgehead atoms. The fourth-order valence-corrected chi connectivity index (χ4v) is 1.99. The van der Waals surface area contributed by atoms with Crippen molar-refractivity contribution in [3.63, 3.8) is 0 Å². The van der Waals surface area contributed by atoms with Crippen LogP contribution in [0.1, 0.15) is 24.0 Å². The minimum atomic E-state index is -4.30. The number of guanidine groups is 1. The molecule has 1 saturated carbocycles. The highest BCUT2D eigenvalue weighted by molar-refractivity contribution is 14.0. The number of nitrogens with zero attached hydrogens (tertiary/aromatic N) is 1. The largest absolute Gasteiger partial charge is 0.416 e. The van der Waals surface area contributed by atoms with Crippen molar-refractivity contribution in [3.8, 4) is 0 Å². The fourth-order valence-electron chi connectivity index (χ4n) is 1.99. The molecule has 0 amide bonds. The molecule has 1 aliphatic carbocycles. The van der Waals surface area contributed by atoms with E-state index in [9.17, 15) is 13.2 Å². The Morgan fingerprint density at radius 2 is 1.88 bits per heavy atom. The van der Waals surface area contributed by atoms with Gasteiger partial charge in [0.2, 0.25) is 0 Å². The van der Waals surface area contributed by atoms with Crippen LogP contribution in [0.5, 0.6) is 0 Å². The average molecular weight is 457 g/mol. The number of hydrogen-bond donors (Lipinski definition) is 2. The number of hydrogen-bond acceptors (Lipinski definition) is 2. The van der Waals surface area contributed by atoms with E-state index >= 15 is 0 Å². The van der Waals surface area contributed by atoms with Crippen LogP contribution in [0.3, 0.4) is 0 Å². The predicted octanol–water partition coefficient (Wildman–Crippen LogP) is 3.42. The Balaban J connectivity index is 0.00000288. The van der Waals surface area contributed by atoms with Crippen LogP contribution in [0, 0.1) is 5.92 Å². The normalized spacial score (nSPS) is 14.9. The third-order valence-corrected chi connectivity index (χ3v) is 3.55. The van der Waals surface area contributed by atoms with Crippen LogP contribution in [-0.4, -0.2) is 32.8 Å². The summed E-state index contributed by atoms with van der Waals surface area (Å²) in [6.45, 7) is 2.47.